The van der Waals surface area contributed by atoms with Crippen molar-refractivity contribution in [2.75, 3.05) is 6.54 Å². The molecular formula is C22H22FN5O. The Hall–Kier alpha value is -3.06. The molecule has 1 aliphatic rings. The van der Waals surface area contributed by atoms with Crippen LogP contribution >= 0.6 is 0 Å². The Morgan fingerprint density at radius 3 is 2.76 bits per heavy atom. The maximum Gasteiger partial charge on any atom is 0.241 e. The van der Waals surface area contributed by atoms with Crippen molar-refractivity contribution < 1.29 is 8.91 Å². The summed E-state index contributed by atoms with van der Waals surface area (Å²) in [6, 6.07) is 14.6. The zero-order valence-corrected chi connectivity index (χ0v) is 16.3. The quantitative estimate of drug-likeness (QED) is 0.498. The van der Waals surface area contributed by atoms with Gasteiger partial charge >= 0.3 is 0 Å². The number of para-hydroxylation sites is 2. The number of halogens is 1. The second-order valence-electron chi connectivity index (χ2n) is 7.35. The van der Waals surface area contributed by atoms with Gasteiger partial charge < -0.3 is 9.09 Å². The predicted octanol–water partition coefficient (Wildman–Crippen LogP) is 4.58. The molecular weight excluding hydrogens is 369 g/mol. The highest BCUT2D eigenvalue weighted by Gasteiger charge is 2.31. The average Bonchev–Trinajstić information content (AvgIpc) is 3.46. The Morgan fingerprint density at radius 2 is 1.93 bits per heavy atom. The van der Waals surface area contributed by atoms with Gasteiger partial charge in [-0.25, -0.2) is 9.37 Å². The van der Waals surface area contributed by atoms with E-state index in [4.69, 9.17) is 9.51 Å². The van der Waals surface area contributed by atoms with Gasteiger partial charge in [0.25, 0.3) is 0 Å². The summed E-state index contributed by atoms with van der Waals surface area (Å²) < 4.78 is 20.9. The van der Waals surface area contributed by atoms with Gasteiger partial charge in [0.15, 0.2) is 0 Å². The molecule has 1 atom stereocenters. The first-order valence-electron chi connectivity index (χ1n) is 10.0. The molecule has 4 aromatic rings. The standard InChI is InChI=1S/C22H22FN5O/c1-2-28-18-7-4-3-6-17(18)24-22(28)19-8-5-13-27(19)14-20-25-21(26-29-20)15-9-11-16(23)12-10-15/h3-4,6-7,9-12,19H,2,5,8,13-14H2,1H3/t19-/m0/s1. The molecule has 148 valence electrons. The van der Waals surface area contributed by atoms with Crippen molar-refractivity contribution >= 4 is 11.0 Å². The lowest BCUT2D eigenvalue weighted by atomic mass is 10.2. The predicted molar refractivity (Wildman–Crippen MR) is 107 cm³/mol. The van der Waals surface area contributed by atoms with Gasteiger partial charge in [0.2, 0.25) is 11.7 Å². The lowest BCUT2D eigenvalue weighted by molar-refractivity contribution is 0.203. The summed E-state index contributed by atoms with van der Waals surface area (Å²) in [6.07, 6.45) is 2.17. The summed E-state index contributed by atoms with van der Waals surface area (Å²) in [5.74, 6) is 1.87. The van der Waals surface area contributed by atoms with Crippen LogP contribution in [0.1, 0.15) is 37.5 Å². The van der Waals surface area contributed by atoms with E-state index >= 15 is 0 Å². The summed E-state index contributed by atoms with van der Waals surface area (Å²) in [5.41, 5.74) is 2.95. The van der Waals surface area contributed by atoms with Gasteiger partial charge in [0, 0.05) is 12.1 Å². The lowest BCUT2D eigenvalue weighted by Gasteiger charge is -2.23. The zero-order valence-electron chi connectivity index (χ0n) is 16.3. The van der Waals surface area contributed by atoms with E-state index in [0.717, 1.165) is 42.8 Å². The van der Waals surface area contributed by atoms with Gasteiger partial charge in [0.1, 0.15) is 11.6 Å². The van der Waals surface area contributed by atoms with Gasteiger partial charge in [-0.15, -0.1) is 0 Å². The monoisotopic (exact) mass is 391 g/mol. The molecule has 0 saturated carbocycles. The van der Waals surface area contributed by atoms with Gasteiger partial charge in [0.05, 0.1) is 23.6 Å². The van der Waals surface area contributed by atoms with Crippen LogP contribution in [0.25, 0.3) is 22.4 Å². The van der Waals surface area contributed by atoms with E-state index < -0.39 is 0 Å². The number of likely N-dealkylation sites (tertiary alicyclic amines) is 1. The molecule has 1 aliphatic heterocycles. The van der Waals surface area contributed by atoms with Crippen LogP contribution < -0.4 is 0 Å². The first kappa shape index (κ1) is 18.0. The van der Waals surface area contributed by atoms with Crippen LogP contribution in [0.2, 0.25) is 0 Å². The molecule has 0 amide bonds. The number of nitrogens with zero attached hydrogens (tertiary/aromatic N) is 5. The van der Waals surface area contributed by atoms with Crippen molar-refractivity contribution in [2.45, 2.75) is 38.9 Å². The van der Waals surface area contributed by atoms with Crippen LogP contribution in [0.3, 0.4) is 0 Å². The Morgan fingerprint density at radius 1 is 1.10 bits per heavy atom. The summed E-state index contributed by atoms with van der Waals surface area (Å²) in [5, 5.41) is 4.07. The highest BCUT2D eigenvalue weighted by atomic mass is 19.1. The van der Waals surface area contributed by atoms with Gasteiger partial charge in [-0.05, 0) is 62.7 Å². The number of benzene rings is 2. The largest absolute Gasteiger partial charge is 0.338 e. The normalized spacial score (nSPS) is 17.4. The molecule has 0 spiro atoms. The number of aryl methyl sites for hydroxylation is 1. The summed E-state index contributed by atoms with van der Waals surface area (Å²) in [4.78, 5) is 11.8. The van der Waals surface area contributed by atoms with Crippen molar-refractivity contribution in [2.24, 2.45) is 0 Å². The van der Waals surface area contributed by atoms with Crippen LogP contribution in [-0.4, -0.2) is 31.1 Å². The molecule has 2 aromatic heterocycles. The van der Waals surface area contributed by atoms with Crippen molar-refractivity contribution in [3.63, 3.8) is 0 Å². The van der Waals surface area contributed by atoms with E-state index in [2.05, 4.69) is 44.7 Å². The lowest BCUT2D eigenvalue weighted by Crippen LogP contribution is -2.25. The Labute approximate surface area is 168 Å². The molecule has 0 aliphatic carbocycles. The van der Waals surface area contributed by atoms with E-state index in [1.54, 1.807) is 12.1 Å². The number of aromatic nitrogens is 4. The van der Waals surface area contributed by atoms with Crippen molar-refractivity contribution in [1.82, 2.24) is 24.6 Å². The molecule has 5 rings (SSSR count). The number of imidazole rings is 1. The molecule has 0 N–H and O–H groups in total. The molecule has 6 nitrogen and oxygen atoms in total. The van der Waals surface area contributed by atoms with Crippen molar-refractivity contribution in [1.29, 1.82) is 0 Å². The van der Waals surface area contributed by atoms with E-state index in [1.807, 2.05) is 6.07 Å². The van der Waals surface area contributed by atoms with Gasteiger partial charge in [-0.2, -0.15) is 4.98 Å². The maximum absolute atomic E-state index is 13.1. The summed E-state index contributed by atoms with van der Waals surface area (Å²) >= 11 is 0. The van der Waals surface area contributed by atoms with Crippen molar-refractivity contribution in [3.8, 4) is 11.4 Å². The highest BCUT2D eigenvalue weighted by Crippen LogP contribution is 2.34. The minimum absolute atomic E-state index is 0.225. The zero-order chi connectivity index (χ0) is 19.8. The van der Waals surface area contributed by atoms with Gasteiger partial charge in [-0.3, -0.25) is 4.90 Å². The molecule has 1 fully saturated rings. The van der Waals surface area contributed by atoms with E-state index in [0.29, 0.717) is 18.3 Å². The summed E-state index contributed by atoms with van der Waals surface area (Å²) in [6.45, 7) is 4.58. The Kier molecular flexibility index (Phi) is 4.60. The highest BCUT2D eigenvalue weighted by molar-refractivity contribution is 5.76. The maximum atomic E-state index is 13.1. The molecule has 29 heavy (non-hydrogen) atoms. The SMILES string of the molecule is CCn1c([C@@H]2CCCN2Cc2nc(-c3ccc(F)cc3)no2)nc2ccccc21. The first-order chi connectivity index (χ1) is 14.2. The molecule has 0 radical (unpaired) electrons. The van der Waals surface area contributed by atoms with Crippen LogP contribution in [0.5, 0.6) is 0 Å². The molecule has 3 heterocycles. The fraction of sp³-hybridized carbons (Fsp3) is 0.318. The Bertz CT molecular complexity index is 1130. The van der Waals surface area contributed by atoms with Crippen LogP contribution in [-0.2, 0) is 13.1 Å². The number of hydrogen-bond donors (Lipinski definition) is 0. The number of rotatable bonds is 5. The fourth-order valence-corrected chi connectivity index (χ4v) is 4.20. The Balaban J connectivity index is 1.40. The van der Waals surface area contributed by atoms with Crippen LogP contribution in [0, 0.1) is 5.82 Å². The summed E-state index contributed by atoms with van der Waals surface area (Å²) in [7, 11) is 0. The van der Waals surface area contributed by atoms with Crippen LogP contribution in [0.4, 0.5) is 4.39 Å². The van der Waals surface area contributed by atoms with E-state index in [9.17, 15) is 4.39 Å². The third-order valence-electron chi connectivity index (χ3n) is 5.57. The minimum atomic E-state index is -0.281. The third kappa shape index (κ3) is 3.31. The molecule has 1 saturated heterocycles. The second-order valence-corrected chi connectivity index (χ2v) is 7.35. The topological polar surface area (TPSA) is 60.0 Å². The molecule has 7 heteroatoms. The third-order valence-corrected chi connectivity index (χ3v) is 5.57. The average molecular weight is 391 g/mol. The number of hydrogen-bond acceptors (Lipinski definition) is 5. The molecule has 2 aromatic carbocycles. The van der Waals surface area contributed by atoms with E-state index in [-0.39, 0.29) is 11.9 Å². The van der Waals surface area contributed by atoms with E-state index in [1.165, 1.54) is 17.6 Å². The van der Waals surface area contributed by atoms with Crippen molar-refractivity contribution in [3.05, 3.63) is 66.1 Å². The second kappa shape index (κ2) is 7.40. The first-order valence-corrected chi connectivity index (χ1v) is 10.0. The smallest absolute Gasteiger partial charge is 0.241 e. The molecule has 0 bridgehead atoms. The minimum Gasteiger partial charge on any atom is -0.338 e. The van der Waals surface area contributed by atoms with Crippen LogP contribution in [0.15, 0.2) is 53.1 Å². The number of fused-ring (bicyclic) bond motifs is 1. The fourth-order valence-electron chi connectivity index (χ4n) is 4.20. The molecule has 0 unspecified atom stereocenters. The van der Waals surface area contributed by atoms with Gasteiger partial charge in [-0.1, -0.05) is 17.3 Å².